The van der Waals surface area contributed by atoms with Gasteiger partial charge < -0.3 is 9.64 Å². The van der Waals surface area contributed by atoms with E-state index in [1.807, 2.05) is 50.1 Å². The molecule has 1 aromatic heterocycles. The number of hydrogen-bond donors (Lipinski definition) is 0. The maximum Gasteiger partial charge on any atom is 0.410 e. The molecule has 38 heavy (non-hydrogen) atoms. The van der Waals surface area contributed by atoms with Crippen LogP contribution in [0, 0.1) is 0 Å². The smallest absolute Gasteiger partial charge is 0.410 e. The maximum atomic E-state index is 13.9. The lowest BCUT2D eigenvalue weighted by Crippen LogP contribution is -2.52. The number of aromatic nitrogens is 1. The first kappa shape index (κ1) is 26.9. The first-order valence-corrected chi connectivity index (χ1v) is 13.9. The van der Waals surface area contributed by atoms with E-state index in [9.17, 15) is 13.6 Å². The summed E-state index contributed by atoms with van der Waals surface area (Å²) in [7, 11) is 2.12. The molecule has 0 spiro atoms. The second kappa shape index (κ2) is 10.4. The van der Waals surface area contributed by atoms with E-state index in [2.05, 4.69) is 29.0 Å². The molecule has 1 amide bonds. The number of pyridine rings is 1. The number of carbonyl (C=O) groups excluding carboxylic acids is 1. The van der Waals surface area contributed by atoms with Crippen LogP contribution in [-0.4, -0.2) is 65.1 Å². The summed E-state index contributed by atoms with van der Waals surface area (Å²) in [5.41, 5.74) is 5.10. The van der Waals surface area contributed by atoms with E-state index in [4.69, 9.17) is 9.72 Å². The number of alkyl halides is 2. The number of fused-ring (bicyclic) bond motifs is 2. The number of likely N-dealkylation sites (N-methyl/N-ethyl adjacent to an activating group) is 1. The van der Waals surface area contributed by atoms with Gasteiger partial charge in [-0.15, -0.1) is 0 Å². The quantitative estimate of drug-likeness (QED) is 0.490. The average Bonchev–Trinajstić information content (AvgIpc) is 2.86. The van der Waals surface area contributed by atoms with Crippen molar-refractivity contribution in [3.63, 3.8) is 0 Å². The molecule has 3 aliphatic rings. The number of nitrogens with zero attached hydrogens (tertiary/aromatic N) is 4. The van der Waals surface area contributed by atoms with E-state index in [0.29, 0.717) is 32.6 Å². The topological polar surface area (TPSA) is 48.9 Å². The zero-order valence-corrected chi connectivity index (χ0v) is 23.1. The number of piperidine rings is 1. The normalized spacial score (nSPS) is 23.1. The minimum atomic E-state index is -2.59. The van der Waals surface area contributed by atoms with Gasteiger partial charge in [0.05, 0.1) is 17.8 Å². The van der Waals surface area contributed by atoms with Crippen molar-refractivity contribution >= 4 is 11.8 Å². The highest BCUT2D eigenvalue weighted by Gasteiger charge is 2.39. The number of anilines is 1. The Kier molecular flexibility index (Phi) is 7.37. The minimum absolute atomic E-state index is 0.108. The summed E-state index contributed by atoms with van der Waals surface area (Å²) >= 11 is 0. The molecule has 3 heterocycles. The molecular formula is C30H40F2N4O2. The predicted molar refractivity (Wildman–Crippen MR) is 145 cm³/mol. The monoisotopic (exact) mass is 526 g/mol. The summed E-state index contributed by atoms with van der Waals surface area (Å²) in [6, 6.07) is 10.3. The fourth-order valence-electron chi connectivity index (χ4n) is 6.21. The highest BCUT2D eigenvalue weighted by molar-refractivity contribution is 5.70. The molecule has 0 N–H and O–H groups in total. The highest BCUT2D eigenvalue weighted by Crippen LogP contribution is 2.38. The van der Waals surface area contributed by atoms with E-state index >= 15 is 0 Å². The molecule has 2 aliphatic heterocycles. The molecule has 0 radical (unpaired) electrons. The summed E-state index contributed by atoms with van der Waals surface area (Å²) in [6.45, 7) is 7.46. The van der Waals surface area contributed by atoms with Crippen LogP contribution in [-0.2, 0) is 24.1 Å². The third-order valence-electron chi connectivity index (χ3n) is 8.13. The number of rotatable bonds is 4. The van der Waals surface area contributed by atoms with E-state index in [1.165, 1.54) is 5.56 Å². The van der Waals surface area contributed by atoms with Gasteiger partial charge in [0.15, 0.2) is 0 Å². The molecule has 6 nitrogen and oxygen atoms in total. The molecule has 8 heteroatoms. The Balaban J connectivity index is 1.43. The molecule has 5 rings (SSSR count). The van der Waals surface area contributed by atoms with Gasteiger partial charge in [0, 0.05) is 50.9 Å². The second-order valence-electron chi connectivity index (χ2n) is 12.1. The number of hydrogen-bond acceptors (Lipinski definition) is 5. The van der Waals surface area contributed by atoms with Crippen LogP contribution in [0.25, 0.3) is 0 Å². The molecule has 1 saturated heterocycles. The molecule has 2 aromatic rings. The van der Waals surface area contributed by atoms with E-state index in [-0.39, 0.29) is 31.0 Å². The van der Waals surface area contributed by atoms with Crippen molar-refractivity contribution in [3.05, 3.63) is 58.9 Å². The van der Waals surface area contributed by atoms with Gasteiger partial charge in [-0.3, -0.25) is 14.8 Å². The number of ether oxygens (including phenoxy) is 1. The molecule has 1 aliphatic carbocycles. The van der Waals surface area contributed by atoms with Crippen LogP contribution in [0.15, 0.2) is 36.5 Å². The van der Waals surface area contributed by atoms with Crippen molar-refractivity contribution in [2.45, 2.75) is 89.4 Å². The Morgan fingerprint density at radius 3 is 2.63 bits per heavy atom. The molecule has 2 atom stereocenters. The van der Waals surface area contributed by atoms with Gasteiger partial charge in [-0.1, -0.05) is 18.2 Å². The van der Waals surface area contributed by atoms with Gasteiger partial charge in [0.1, 0.15) is 5.60 Å². The van der Waals surface area contributed by atoms with Crippen LogP contribution in [0.4, 0.5) is 19.3 Å². The van der Waals surface area contributed by atoms with Gasteiger partial charge in [0.25, 0.3) is 5.92 Å². The highest BCUT2D eigenvalue weighted by atomic mass is 19.3. The van der Waals surface area contributed by atoms with Crippen molar-refractivity contribution in [1.82, 2.24) is 14.8 Å². The van der Waals surface area contributed by atoms with Crippen LogP contribution >= 0.6 is 0 Å². The van der Waals surface area contributed by atoms with Gasteiger partial charge in [-0.25, -0.2) is 13.6 Å². The van der Waals surface area contributed by atoms with Crippen molar-refractivity contribution < 1.29 is 18.3 Å². The first-order chi connectivity index (χ1) is 18.0. The number of aryl methyl sites for hydroxylation is 1. The lowest BCUT2D eigenvalue weighted by molar-refractivity contribution is -0.0221. The molecule has 0 unspecified atom stereocenters. The molecule has 0 bridgehead atoms. The van der Waals surface area contributed by atoms with Crippen molar-refractivity contribution in [2.75, 3.05) is 31.6 Å². The molecular weight excluding hydrogens is 486 g/mol. The van der Waals surface area contributed by atoms with Crippen LogP contribution in [0.3, 0.4) is 0 Å². The second-order valence-corrected chi connectivity index (χ2v) is 12.1. The molecule has 206 valence electrons. The zero-order valence-electron chi connectivity index (χ0n) is 23.1. The van der Waals surface area contributed by atoms with Crippen LogP contribution in [0.1, 0.15) is 74.9 Å². The summed E-state index contributed by atoms with van der Waals surface area (Å²) in [5.74, 6) is -2.59. The summed E-state index contributed by atoms with van der Waals surface area (Å²) < 4.78 is 33.6. The predicted octanol–water partition coefficient (Wildman–Crippen LogP) is 5.99. The van der Waals surface area contributed by atoms with Crippen LogP contribution < -0.4 is 4.90 Å². The number of halogens is 2. The number of benzene rings is 1. The fourth-order valence-corrected chi connectivity index (χ4v) is 6.21. The lowest BCUT2D eigenvalue weighted by Gasteiger charge is -2.43. The Morgan fingerprint density at radius 2 is 1.89 bits per heavy atom. The van der Waals surface area contributed by atoms with Crippen molar-refractivity contribution in [3.8, 4) is 0 Å². The third-order valence-corrected chi connectivity index (χ3v) is 8.13. The zero-order chi connectivity index (χ0) is 27.1. The van der Waals surface area contributed by atoms with Crippen LogP contribution in [0.2, 0.25) is 0 Å². The summed E-state index contributed by atoms with van der Waals surface area (Å²) in [4.78, 5) is 24.4. The SMILES string of the molecule is CN(C[C@H]1Cc2c(cccc2N2CCC(F)(F)CC2)CN1C(=O)OC(C)(C)C)[C@H]1CCCc2cccnc21. The summed E-state index contributed by atoms with van der Waals surface area (Å²) in [6.07, 6.45) is 5.15. The van der Waals surface area contributed by atoms with Crippen molar-refractivity contribution in [2.24, 2.45) is 0 Å². The molecule has 1 fully saturated rings. The van der Waals surface area contributed by atoms with Gasteiger partial charge >= 0.3 is 6.09 Å². The molecule has 0 saturated carbocycles. The fraction of sp³-hybridized carbons (Fsp3) is 0.600. The molecule has 1 aromatic carbocycles. The first-order valence-electron chi connectivity index (χ1n) is 13.9. The van der Waals surface area contributed by atoms with Gasteiger partial charge in [0.2, 0.25) is 0 Å². The van der Waals surface area contributed by atoms with E-state index < -0.39 is 11.5 Å². The Morgan fingerprint density at radius 1 is 1.16 bits per heavy atom. The maximum absolute atomic E-state index is 13.9. The van der Waals surface area contributed by atoms with Crippen molar-refractivity contribution in [1.29, 1.82) is 0 Å². The Hall–Kier alpha value is -2.74. The van der Waals surface area contributed by atoms with Crippen LogP contribution in [0.5, 0.6) is 0 Å². The standard InChI is InChI=1S/C30H40F2N4O2/c1-29(2,3)38-28(37)36-19-22-9-6-11-25(35-16-13-30(31,32)14-17-35)24(22)18-23(36)20-34(4)26-12-5-8-21-10-7-15-33-27(21)26/h6-7,9-11,15,23,26H,5,8,12-14,16-20H2,1-4H3/t23-,26+/m1/s1. The third kappa shape index (κ3) is 5.80. The number of amides is 1. The van der Waals surface area contributed by atoms with E-state index in [1.54, 1.807) is 0 Å². The van der Waals surface area contributed by atoms with E-state index in [0.717, 1.165) is 41.8 Å². The largest absolute Gasteiger partial charge is 0.444 e. The number of carbonyl (C=O) groups is 1. The lowest BCUT2D eigenvalue weighted by atomic mass is 9.89. The Labute approximate surface area is 225 Å². The Bertz CT molecular complexity index is 1160. The summed E-state index contributed by atoms with van der Waals surface area (Å²) in [5, 5.41) is 0. The average molecular weight is 527 g/mol. The minimum Gasteiger partial charge on any atom is -0.444 e. The van der Waals surface area contributed by atoms with Gasteiger partial charge in [-0.05, 0) is 82.3 Å². The van der Waals surface area contributed by atoms with Gasteiger partial charge in [-0.2, -0.15) is 0 Å².